The zero-order valence-electron chi connectivity index (χ0n) is 16.0. The Morgan fingerprint density at radius 2 is 1.75 bits per heavy atom. The lowest BCUT2D eigenvalue weighted by atomic mass is 10.0. The van der Waals surface area contributed by atoms with Gasteiger partial charge in [-0.1, -0.05) is 13.8 Å². The van der Waals surface area contributed by atoms with E-state index in [9.17, 15) is 24.0 Å². The molecule has 1 heterocycles. The van der Waals surface area contributed by atoms with Crippen LogP contribution in [-0.4, -0.2) is 76.0 Å². The molecule has 0 spiro atoms. The molecule has 11 nitrogen and oxygen atoms in total. The van der Waals surface area contributed by atoms with E-state index in [1.54, 1.807) is 0 Å². The van der Waals surface area contributed by atoms with Crippen LogP contribution in [0.15, 0.2) is 0 Å². The fourth-order valence-electron chi connectivity index (χ4n) is 3.09. The Balaban J connectivity index is 2.91. The fraction of sp³-hybridized carbons (Fsp3) is 0.706. The summed E-state index contributed by atoms with van der Waals surface area (Å²) >= 11 is 0. The lowest BCUT2D eigenvalue weighted by molar-refractivity contribution is -0.148. The minimum absolute atomic E-state index is 0.0915. The molecule has 3 atom stereocenters. The van der Waals surface area contributed by atoms with Gasteiger partial charge in [0, 0.05) is 6.54 Å². The van der Waals surface area contributed by atoms with Crippen LogP contribution in [0.1, 0.15) is 39.5 Å². The molecule has 0 aromatic heterocycles. The molecular formula is C17H28N4O7. The zero-order chi connectivity index (χ0) is 21.4. The third-order valence-electron chi connectivity index (χ3n) is 4.36. The molecule has 6 N–H and O–H groups in total. The Morgan fingerprint density at radius 1 is 1.11 bits per heavy atom. The number of hydrogen-bond acceptors (Lipinski definition) is 6. The molecule has 0 radical (unpaired) electrons. The Hall–Kier alpha value is -2.69. The van der Waals surface area contributed by atoms with Crippen LogP contribution in [0.5, 0.6) is 0 Å². The first-order valence-corrected chi connectivity index (χ1v) is 9.11. The summed E-state index contributed by atoms with van der Waals surface area (Å²) in [5, 5.41) is 22.6. The number of nitrogens with one attached hydrogen (secondary N) is 2. The van der Waals surface area contributed by atoms with Crippen LogP contribution >= 0.6 is 0 Å². The van der Waals surface area contributed by atoms with E-state index < -0.39 is 54.2 Å². The fourth-order valence-corrected chi connectivity index (χ4v) is 3.09. The molecule has 11 heteroatoms. The van der Waals surface area contributed by atoms with Crippen molar-refractivity contribution in [1.29, 1.82) is 0 Å². The van der Waals surface area contributed by atoms with E-state index in [4.69, 9.17) is 15.9 Å². The highest BCUT2D eigenvalue weighted by Crippen LogP contribution is 2.20. The van der Waals surface area contributed by atoms with Gasteiger partial charge in [-0.15, -0.1) is 0 Å². The quantitative estimate of drug-likeness (QED) is 0.294. The maximum Gasteiger partial charge on any atom is 0.326 e. The molecule has 3 unspecified atom stereocenters. The third kappa shape index (κ3) is 6.80. The summed E-state index contributed by atoms with van der Waals surface area (Å²) in [6.45, 7) is 3.76. The van der Waals surface area contributed by atoms with Crippen LogP contribution in [0, 0.1) is 5.92 Å². The number of amides is 3. The molecule has 0 aliphatic carbocycles. The van der Waals surface area contributed by atoms with Crippen molar-refractivity contribution >= 4 is 29.7 Å². The smallest absolute Gasteiger partial charge is 0.326 e. The summed E-state index contributed by atoms with van der Waals surface area (Å²) in [7, 11) is 0. The predicted molar refractivity (Wildman–Crippen MR) is 97.0 cm³/mol. The van der Waals surface area contributed by atoms with Crippen molar-refractivity contribution in [2.45, 2.75) is 57.7 Å². The van der Waals surface area contributed by atoms with Gasteiger partial charge in [0.1, 0.15) is 18.1 Å². The number of carboxylic acids is 2. The van der Waals surface area contributed by atoms with Gasteiger partial charge in [0.15, 0.2) is 0 Å². The molecule has 1 fully saturated rings. The molecule has 28 heavy (non-hydrogen) atoms. The number of rotatable bonds is 10. The first-order chi connectivity index (χ1) is 13.1. The van der Waals surface area contributed by atoms with E-state index in [1.165, 1.54) is 4.90 Å². The van der Waals surface area contributed by atoms with Crippen LogP contribution in [-0.2, 0) is 24.0 Å². The Morgan fingerprint density at radius 3 is 2.25 bits per heavy atom. The second-order valence-corrected chi connectivity index (χ2v) is 7.14. The molecular weight excluding hydrogens is 372 g/mol. The highest BCUT2D eigenvalue weighted by atomic mass is 16.4. The van der Waals surface area contributed by atoms with E-state index in [0.717, 1.165) is 0 Å². The van der Waals surface area contributed by atoms with Crippen molar-refractivity contribution in [2.24, 2.45) is 11.7 Å². The van der Waals surface area contributed by atoms with Crippen LogP contribution in [0.2, 0.25) is 0 Å². The first kappa shape index (κ1) is 23.3. The Labute approximate surface area is 162 Å². The zero-order valence-corrected chi connectivity index (χ0v) is 16.0. The van der Waals surface area contributed by atoms with Gasteiger partial charge in [-0.3, -0.25) is 19.2 Å². The topological polar surface area (TPSA) is 179 Å². The lowest BCUT2D eigenvalue weighted by Gasteiger charge is -2.30. The number of carbonyl (C=O) groups excluding carboxylic acids is 3. The van der Waals surface area contributed by atoms with Crippen molar-refractivity contribution in [3.8, 4) is 0 Å². The maximum atomic E-state index is 12.9. The maximum absolute atomic E-state index is 12.9. The molecule has 0 aromatic carbocycles. The average molecular weight is 400 g/mol. The van der Waals surface area contributed by atoms with Gasteiger partial charge >= 0.3 is 11.9 Å². The third-order valence-corrected chi connectivity index (χ3v) is 4.36. The number of carbonyl (C=O) groups is 5. The van der Waals surface area contributed by atoms with Gasteiger partial charge in [0.2, 0.25) is 17.7 Å². The molecule has 1 aliphatic heterocycles. The molecule has 0 aromatic rings. The minimum Gasteiger partial charge on any atom is -0.481 e. The number of nitrogens with two attached hydrogens (primary N) is 1. The molecule has 1 rings (SSSR count). The number of nitrogens with zero attached hydrogens (tertiary/aromatic N) is 1. The Bertz CT molecular complexity index is 623. The SMILES string of the molecule is CC(C)CC(NC(=O)CN)C(=O)N1CCCC1C(=O)NC(CC(=O)O)C(=O)O. The van der Waals surface area contributed by atoms with E-state index in [1.807, 2.05) is 13.8 Å². The van der Waals surface area contributed by atoms with Crippen molar-refractivity contribution < 1.29 is 34.2 Å². The number of hydrogen-bond donors (Lipinski definition) is 5. The summed E-state index contributed by atoms with van der Waals surface area (Å²) in [4.78, 5) is 60.3. The normalized spacial score (nSPS) is 18.4. The van der Waals surface area contributed by atoms with Gasteiger partial charge in [-0.05, 0) is 25.2 Å². The average Bonchev–Trinajstić information content (AvgIpc) is 3.08. The largest absolute Gasteiger partial charge is 0.481 e. The minimum atomic E-state index is -1.59. The van der Waals surface area contributed by atoms with Gasteiger partial charge in [-0.2, -0.15) is 0 Å². The Kier molecular flexibility index (Phi) is 8.83. The van der Waals surface area contributed by atoms with Gasteiger partial charge in [-0.25, -0.2) is 4.79 Å². The summed E-state index contributed by atoms with van der Waals surface area (Å²) in [6, 6.07) is -3.36. The molecule has 1 saturated heterocycles. The monoisotopic (exact) mass is 400 g/mol. The van der Waals surface area contributed by atoms with E-state index in [-0.39, 0.29) is 19.0 Å². The second kappa shape index (κ2) is 10.6. The van der Waals surface area contributed by atoms with Gasteiger partial charge < -0.3 is 31.5 Å². The van der Waals surface area contributed by atoms with Crippen LogP contribution < -0.4 is 16.4 Å². The van der Waals surface area contributed by atoms with Crippen molar-refractivity contribution in [3.05, 3.63) is 0 Å². The second-order valence-electron chi connectivity index (χ2n) is 7.14. The van der Waals surface area contributed by atoms with Crippen molar-refractivity contribution in [1.82, 2.24) is 15.5 Å². The molecule has 3 amide bonds. The van der Waals surface area contributed by atoms with Crippen LogP contribution in [0.4, 0.5) is 0 Å². The number of aliphatic carboxylic acids is 2. The van der Waals surface area contributed by atoms with Crippen molar-refractivity contribution in [3.63, 3.8) is 0 Å². The molecule has 1 aliphatic rings. The predicted octanol–water partition coefficient (Wildman–Crippen LogP) is -1.49. The summed E-state index contributed by atoms with van der Waals surface area (Å²) in [5.41, 5.74) is 5.30. The number of likely N-dealkylation sites (tertiary alicyclic amines) is 1. The van der Waals surface area contributed by atoms with Crippen LogP contribution in [0.25, 0.3) is 0 Å². The lowest BCUT2D eigenvalue weighted by Crippen LogP contribution is -2.56. The van der Waals surface area contributed by atoms with E-state index >= 15 is 0 Å². The van der Waals surface area contributed by atoms with Gasteiger partial charge in [0.25, 0.3) is 0 Å². The standard InChI is InChI=1S/C17H28N4O7/c1-9(2)6-10(19-13(22)8-18)16(26)21-5-3-4-12(21)15(25)20-11(17(27)28)7-14(23)24/h9-12H,3-8,18H2,1-2H3,(H,19,22)(H,20,25)(H,23,24)(H,27,28). The first-order valence-electron chi connectivity index (χ1n) is 9.11. The van der Waals surface area contributed by atoms with Gasteiger partial charge in [0.05, 0.1) is 13.0 Å². The molecule has 0 bridgehead atoms. The van der Waals surface area contributed by atoms with E-state index in [0.29, 0.717) is 19.3 Å². The number of carboxylic acid groups (broad SMARTS) is 2. The van der Waals surface area contributed by atoms with Crippen LogP contribution in [0.3, 0.4) is 0 Å². The summed E-state index contributed by atoms with van der Waals surface area (Å²) in [5.74, 6) is -4.42. The van der Waals surface area contributed by atoms with E-state index in [2.05, 4.69) is 10.6 Å². The van der Waals surface area contributed by atoms with Crippen molar-refractivity contribution in [2.75, 3.05) is 13.1 Å². The molecule has 0 saturated carbocycles. The summed E-state index contributed by atoms with van der Waals surface area (Å²) in [6.07, 6.45) is 0.423. The summed E-state index contributed by atoms with van der Waals surface area (Å²) < 4.78 is 0. The highest BCUT2D eigenvalue weighted by Gasteiger charge is 2.39. The highest BCUT2D eigenvalue weighted by molar-refractivity contribution is 5.94. The molecule has 158 valence electrons.